The van der Waals surface area contributed by atoms with Crippen molar-refractivity contribution in [1.29, 1.82) is 0 Å². The van der Waals surface area contributed by atoms with Crippen LogP contribution in [0.1, 0.15) is 36.8 Å². The van der Waals surface area contributed by atoms with Crippen LogP contribution in [0.3, 0.4) is 0 Å². The Morgan fingerprint density at radius 3 is 2.45 bits per heavy atom. The molecule has 0 bridgehead atoms. The van der Waals surface area contributed by atoms with Crippen LogP contribution in [0.15, 0.2) is 42.5 Å². The van der Waals surface area contributed by atoms with Gasteiger partial charge in [-0.2, -0.15) is 0 Å². The number of piperazine rings is 1. The van der Waals surface area contributed by atoms with Crippen molar-refractivity contribution in [2.24, 2.45) is 0 Å². The zero-order chi connectivity index (χ0) is 22.3. The normalized spacial score (nSPS) is 19.0. The molecule has 3 aromatic rings. The van der Waals surface area contributed by atoms with E-state index in [1.165, 1.54) is 6.07 Å². The van der Waals surface area contributed by atoms with E-state index >= 15 is 0 Å². The molecule has 0 radical (unpaired) electrons. The summed E-state index contributed by atoms with van der Waals surface area (Å²) in [6.07, 6.45) is 0. The monoisotopic (exact) mass is 422 g/mol. The van der Waals surface area contributed by atoms with Crippen LogP contribution < -0.4 is 10.2 Å². The van der Waals surface area contributed by atoms with Gasteiger partial charge in [-0.1, -0.05) is 12.1 Å². The average molecular weight is 423 g/mol. The first kappa shape index (κ1) is 20.9. The second-order valence-electron chi connectivity index (χ2n) is 8.37. The summed E-state index contributed by atoms with van der Waals surface area (Å²) < 4.78 is 14.1. The summed E-state index contributed by atoms with van der Waals surface area (Å²) in [6.45, 7) is 9.02. The van der Waals surface area contributed by atoms with E-state index in [2.05, 4.69) is 15.2 Å². The van der Waals surface area contributed by atoms with Crippen molar-refractivity contribution in [3.63, 3.8) is 0 Å². The number of anilines is 2. The van der Waals surface area contributed by atoms with Crippen LogP contribution in [0.2, 0.25) is 0 Å². The van der Waals surface area contributed by atoms with Crippen LogP contribution >= 0.6 is 0 Å². The van der Waals surface area contributed by atoms with Crippen LogP contribution in [0.4, 0.5) is 15.8 Å². The molecule has 2 N–H and O–H groups in total. The fourth-order valence-corrected chi connectivity index (χ4v) is 4.58. The van der Waals surface area contributed by atoms with E-state index in [4.69, 9.17) is 0 Å². The lowest BCUT2D eigenvalue weighted by Gasteiger charge is -2.45. The number of nitrogens with zero attached hydrogens (tertiary/aromatic N) is 2. The minimum absolute atomic E-state index is 0.0886. The average Bonchev–Trinajstić information content (AvgIpc) is 3.17. The molecule has 0 saturated carbocycles. The molecule has 1 saturated heterocycles. The number of fused-ring (bicyclic) bond motifs is 1. The fourth-order valence-electron chi connectivity index (χ4n) is 4.58. The topological polar surface area (TPSA) is 68.4 Å². The quantitative estimate of drug-likeness (QED) is 0.661. The fraction of sp³-hybridized carbons (Fsp3) is 0.333. The number of carbonyl (C=O) groups is 2. The Kier molecular flexibility index (Phi) is 5.43. The number of nitrogens with one attached hydrogen (secondary N) is 2. The van der Waals surface area contributed by atoms with Gasteiger partial charge in [0.2, 0.25) is 5.91 Å². The largest absolute Gasteiger partial charge is 0.367 e. The number of aromatic nitrogens is 1. The molecule has 1 fully saturated rings. The maximum Gasteiger partial charge on any atom is 0.272 e. The zero-order valence-electron chi connectivity index (χ0n) is 18.2. The molecule has 2 heterocycles. The highest BCUT2D eigenvalue weighted by molar-refractivity contribution is 6.06. The van der Waals surface area contributed by atoms with Gasteiger partial charge in [-0.15, -0.1) is 0 Å². The molecule has 1 aromatic heterocycles. The molecular weight excluding hydrogens is 395 g/mol. The number of rotatable bonds is 3. The highest BCUT2D eigenvalue weighted by atomic mass is 19.1. The Morgan fingerprint density at radius 2 is 1.81 bits per heavy atom. The first-order valence-electron chi connectivity index (χ1n) is 10.5. The maximum atomic E-state index is 14.1. The Bertz CT molecular complexity index is 1100. The van der Waals surface area contributed by atoms with Gasteiger partial charge in [-0.05, 0) is 56.7 Å². The molecule has 0 unspecified atom stereocenters. The molecule has 162 valence electrons. The Hall–Kier alpha value is -3.35. The first-order chi connectivity index (χ1) is 14.7. The van der Waals surface area contributed by atoms with Gasteiger partial charge in [-0.25, -0.2) is 4.39 Å². The minimum atomic E-state index is -0.356. The summed E-state index contributed by atoms with van der Waals surface area (Å²) in [6, 6.07) is 12.5. The van der Waals surface area contributed by atoms with Gasteiger partial charge < -0.3 is 20.1 Å². The van der Waals surface area contributed by atoms with Crippen LogP contribution in [-0.4, -0.2) is 46.9 Å². The molecule has 2 amide bonds. The molecule has 2 aromatic carbocycles. The molecule has 31 heavy (non-hydrogen) atoms. The third-order valence-electron chi connectivity index (χ3n) is 5.95. The van der Waals surface area contributed by atoms with Gasteiger partial charge >= 0.3 is 0 Å². The van der Waals surface area contributed by atoms with E-state index in [0.717, 1.165) is 24.3 Å². The predicted octanol–water partition coefficient (Wildman–Crippen LogP) is 4.31. The van der Waals surface area contributed by atoms with Crippen molar-refractivity contribution in [1.82, 2.24) is 9.88 Å². The van der Waals surface area contributed by atoms with E-state index in [0.29, 0.717) is 22.3 Å². The summed E-state index contributed by atoms with van der Waals surface area (Å²) in [5.41, 5.74) is 3.47. The highest BCUT2D eigenvalue weighted by Crippen LogP contribution is 2.26. The Morgan fingerprint density at radius 1 is 1.10 bits per heavy atom. The first-order valence-corrected chi connectivity index (χ1v) is 10.5. The number of amides is 2. The number of halogens is 1. The summed E-state index contributed by atoms with van der Waals surface area (Å²) in [5, 5.41) is 3.31. The van der Waals surface area contributed by atoms with Gasteiger partial charge in [-0.3, -0.25) is 9.59 Å². The molecule has 1 aliphatic rings. The SMILES string of the molecule is CC(=O)N1[C@@H](C)CN(c2cccc(NC(=O)c3cc4c(F)ccc(C)c4[nH]3)c2)C[C@@H]1C. The van der Waals surface area contributed by atoms with Crippen molar-refractivity contribution >= 4 is 34.1 Å². The van der Waals surface area contributed by atoms with Crippen molar-refractivity contribution in [3.8, 4) is 0 Å². The van der Waals surface area contributed by atoms with Crippen molar-refractivity contribution in [3.05, 3.63) is 59.5 Å². The van der Waals surface area contributed by atoms with Crippen LogP contribution in [-0.2, 0) is 4.79 Å². The van der Waals surface area contributed by atoms with E-state index in [9.17, 15) is 14.0 Å². The zero-order valence-corrected chi connectivity index (χ0v) is 18.2. The number of hydrogen-bond donors (Lipinski definition) is 2. The molecular formula is C24H27FN4O2. The van der Waals surface area contributed by atoms with Gasteiger partial charge in [0.05, 0.1) is 5.52 Å². The number of hydrogen-bond acceptors (Lipinski definition) is 3. The second-order valence-corrected chi connectivity index (χ2v) is 8.37. The smallest absolute Gasteiger partial charge is 0.272 e. The molecule has 0 spiro atoms. The molecule has 2 atom stereocenters. The van der Waals surface area contributed by atoms with Gasteiger partial charge in [0.1, 0.15) is 11.5 Å². The lowest BCUT2D eigenvalue weighted by molar-refractivity contribution is -0.133. The molecule has 4 rings (SSSR count). The van der Waals surface area contributed by atoms with E-state index in [-0.39, 0.29) is 29.7 Å². The van der Waals surface area contributed by atoms with E-state index in [1.807, 2.05) is 49.9 Å². The lowest BCUT2D eigenvalue weighted by Crippen LogP contribution is -2.58. The predicted molar refractivity (Wildman–Crippen MR) is 121 cm³/mol. The lowest BCUT2D eigenvalue weighted by atomic mass is 10.1. The minimum Gasteiger partial charge on any atom is -0.367 e. The number of aromatic amines is 1. The van der Waals surface area contributed by atoms with Crippen molar-refractivity contribution in [2.75, 3.05) is 23.3 Å². The molecule has 7 heteroatoms. The molecule has 0 aliphatic carbocycles. The number of carbonyl (C=O) groups excluding carboxylic acids is 2. The third kappa shape index (κ3) is 4.00. The summed E-state index contributed by atoms with van der Waals surface area (Å²) in [7, 11) is 0. The molecule has 1 aliphatic heterocycles. The molecule has 6 nitrogen and oxygen atoms in total. The van der Waals surface area contributed by atoms with Crippen LogP contribution in [0.5, 0.6) is 0 Å². The van der Waals surface area contributed by atoms with E-state index < -0.39 is 0 Å². The number of aryl methyl sites for hydroxylation is 1. The van der Waals surface area contributed by atoms with E-state index in [1.54, 1.807) is 19.1 Å². The van der Waals surface area contributed by atoms with Crippen molar-refractivity contribution in [2.45, 2.75) is 39.8 Å². The number of H-pyrrole nitrogens is 1. The maximum absolute atomic E-state index is 14.1. The van der Waals surface area contributed by atoms with Gasteiger partial charge in [0, 0.05) is 48.9 Å². The summed E-state index contributed by atoms with van der Waals surface area (Å²) in [4.78, 5) is 31.9. The van der Waals surface area contributed by atoms with Gasteiger partial charge in [0.25, 0.3) is 5.91 Å². The standard InChI is InChI=1S/C24H27FN4O2/c1-14-8-9-21(25)20-11-22(27-23(14)20)24(31)26-18-6-5-7-19(10-18)28-12-15(2)29(17(4)30)16(3)13-28/h5-11,15-16,27H,12-13H2,1-4H3,(H,26,31)/t15-,16-/m0/s1. The Labute approximate surface area is 181 Å². The van der Waals surface area contributed by atoms with Crippen LogP contribution in [0.25, 0.3) is 10.9 Å². The van der Waals surface area contributed by atoms with Gasteiger partial charge in [0.15, 0.2) is 0 Å². The number of benzene rings is 2. The highest BCUT2D eigenvalue weighted by Gasteiger charge is 2.31. The van der Waals surface area contributed by atoms with Crippen molar-refractivity contribution < 1.29 is 14.0 Å². The summed E-state index contributed by atoms with van der Waals surface area (Å²) in [5.74, 6) is -0.591. The summed E-state index contributed by atoms with van der Waals surface area (Å²) >= 11 is 0. The third-order valence-corrected chi connectivity index (χ3v) is 5.95. The second kappa shape index (κ2) is 8.06. The Balaban J connectivity index is 1.53. The van der Waals surface area contributed by atoms with Crippen LogP contribution in [0, 0.1) is 12.7 Å².